The van der Waals surface area contributed by atoms with E-state index in [4.69, 9.17) is 16.3 Å². The van der Waals surface area contributed by atoms with Gasteiger partial charge in [-0.25, -0.2) is 16.8 Å². The molecule has 1 fully saturated rings. The molecule has 0 spiro atoms. The van der Waals surface area contributed by atoms with Crippen LogP contribution in [0, 0.1) is 0 Å². The number of rotatable bonds is 9. The van der Waals surface area contributed by atoms with Gasteiger partial charge in [-0.15, -0.1) is 0 Å². The first-order chi connectivity index (χ1) is 20.5. The number of para-hydroxylation sites is 1. The summed E-state index contributed by atoms with van der Waals surface area (Å²) in [4.78, 5) is 29.2. The van der Waals surface area contributed by atoms with Gasteiger partial charge in [0.2, 0.25) is 20.0 Å². The number of amides is 2. The van der Waals surface area contributed by atoms with Gasteiger partial charge in [-0.3, -0.25) is 20.4 Å². The first kappa shape index (κ1) is 30.7. The quantitative estimate of drug-likeness (QED) is 0.202. The van der Waals surface area contributed by atoms with E-state index in [1.807, 2.05) is 24.3 Å². The van der Waals surface area contributed by atoms with Crippen LogP contribution >= 0.6 is 11.6 Å². The smallest absolute Gasteiger partial charge is 0.269 e. The maximum atomic E-state index is 13.3. The molecular formula is C28H28ClN5O7S2. The summed E-state index contributed by atoms with van der Waals surface area (Å²) < 4.78 is 61.3. The van der Waals surface area contributed by atoms with Crippen molar-refractivity contribution in [1.29, 1.82) is 0 Å². The van der Waals surface area contributed by atoms with E-state index in [1.165, 1.54) is 52.8 Å². The number of hydrogen-bond donors (Lipinski definition) is 4. The topological polar surface area (TPSA) is 167 Å². The Labute approximate surface area is 253 Å². The summed E-state index contributed by atoms with van der Waals surface area (Å²) >= 11 is 5.90. The summed E-state index contributed by atoms with van der Waals surface area (Å²) in [6, 6.07) is 16.9. The molecule has 1 aliphatic heterocycles. The third kappa shape index (κ3) is 7.06. The lowest BCUT2D eigenvalue weighted by molar-refractivity contribution is -0.123. The van der Waals surface area contributed by atoms with E-state index < -0.39 is 37.9 Å². The van der Waals surface area contributed by atoms with Crippen LogP contribution in [0.4, 0.5) is 0 Å². The molecule has 1 atom stereocenters. The number of nitrogens with one attached hydrogen (secondary N) is 4. The van der Waals surface area contributed by atoms with E-state index in [9.17, 15) is 26.4 Å². The zero-order valence-electron chi connectivity index (χ0n) is 22.6. The first-order valence-corrected chi connectivity index (χ1v) is 16.5. The third-order valence-electron chi connectivity index (χ3n) is 6.84. The van der Waals surface area contributed by atoms with Gasteiger partial charge in [-0.1, -0.05) is 35.9 Å². The number of carbonyl (C=O) groups excluding carboxylic acids is 2. The molecule has 43 heavy (non-hydrogen) atoms. The number of fused-ring (bicyclic) bond motifs is 1. The van der Waals surface area contributed by atoms with Gasteiger partial charge < -0.3 is 9.72 Å². The molecule has 4 N–H and O–H groups in total. The van der Waals surface area contributed by atoms with Gasteiger partial charge in [-0.05, 0) is 60.5 Å². The predicted molar refractivity (Wildman–Crippen MR) is 159 cm³/mol. The van der Waals surface area contributed by atoms with Crippen molar-refractivity contribution >= 4 is 54.4 Å². The van der Waals surface area contributed by atoms with Gasteiger partial charge >= 0.3 is 0 Å². The molecule has 0 radical (unpaired) electrons. The summed E-state index contributed by atoms with van der Waals surface area (Å²) in [5.41, 5.74) is 5.98. The molecule has 1 aromatic heterocycles. The van der Waals surface area contributed by atoms with Gasteiger partial charge in [0.25, 0.3) is 11.8 Å². The zero-order valence-corrected chi connectivity index (χ0v) is 25.0. The standard InChI is InChI=1S/C28H28ClN5O7S2/c29-21-8-10-22(11-9-21)42(37,38)33-26(17-20-18-30-25-7-2-1-6-24(20)25)28(36)32-31-27(35)19-4-3-5-23(16-19)43(39,40)34-12-14-41-15-13-34/h1-11,16,18,26,30,33H,12-15,17H2,(H,31,35)(H,32,36). The van der Waals surface area contributed by atoms with Crippen LogP contribution in [0.5, 0.6) is 0 Å². The Morgan fingerprint density at radius 1 is 0.907 bits per heavy atom. The van der Waals surface area contributed by atoms with Crippen molar-refractivity contribution in [1.82, 2.24) is 24.9 Å². The number of aromatic nitrogens is 1. The fourth-order valence-corrected chi connectivity index (χ4v) is 7.36. The van der Waals surface area contributed by atoms with Crippen molar-refractivity contribution in [2.75, 3.05) is 26.3 Å². The molecule has 1 saturated heterocycles. The average Bonchev–Trinajstić information content (AvgIpc) is 3.42. The fraction of sp³-hybridized carbons (Fsp3) is 0.214. The summed E-state index contributed by atoms with van der Waals surface area (Å²) in [6.07, 6.45) is 1.63. The lowest BCUT2D eigenvalue weighted by Gasteiger charge is -2.26. The Hall–Kier alpha value is -3.79. The highest BCUT2D eigenvalue weighted by atomic mass is 35.5. The van der Waals surface area contributed by atoms with E-state index in [1.54, 1.807) is 6.20 Å². The number of carbonyl (C=O) groups is 2. The van der Waals surface area contributed by atoms with Crippen LogP contribution in [0.2, 0.25) is 5.02 Å². The van der Waals surface area contributed by atoms with Crippen LogP contribution in [0.25, 0.3) is 10.9 Å². The van der Waals surface area contributed by atoms with Crippen LogP contribution in [0.15, 0.2) is 88.8 Å². The minimum Gasteiger partial charge on any atom is -0.379 e. The van der Waals surface area contributed by atoms with Gasteiger partial charge in [0.15, 0.2) is 0 Å². The molecule has 1 unspecified atom stereocenters. The van der Waals surface area contributed by atoms with E-state index in [0.29, 0.717) is 10.6 Å². The van der Waals surface area contributed by atoms with Crippen molar-refractivity contribution in [2.24, 2.45) is 0 Å². The highest BCUT2D eigenvalue weighted by Crippen LogP contribution is 2.21. The van der Waals surface area contributed by atoms with Crippen LogP contribution in [0.3, 0.4) is 0 Å². The lowest BCUT2D eigenvalue weighted by Crippen LogP contribution is -2.53. The maximum absolute atomic E-state index is 13.3. The third-order valence-corrected chi connectivity index (χ3v) is 10.5. The molecule has 1 aliphatic rings. The minimum atomic E-state index is -4.17. The SMILES string of the molecule is O=C(NNC(=O)C(Cc1c[nH]c2ccccc12)NS(=O)(=O)c1ccc(Cl)cc1)c1cccc(S(=O)(=O)N2CCOCC2)c1. The van der Waals surface area contributed by atoms with E-state index >= 15 is 0 Å². The Morgan fingerprint density at radius 2 is 1.63 bits per heavy atom. The lowest BCUT2D eigenvalue weighted by atomic mass is 10.1. The molecule has 12 nitrogen and oxygen atoms in total. The monoisotopic (exact) mass is 645 g/mol. The number of morpholine rings is 1. The normalized spacial score (nSPS) is 15.2. The van der Waals surface area contributed by atoms with Gasteiger partial charge in [0.1, 0.15) is 6.04 Å². The molecule has 3 aromatic carbocycles. The van der Waals surface area contributed by atoms with Crippen LogP contribution in [-0.4, -0.2) is 70.3 Å². The van der Waals surface area contributed by atoms with Gasteiger partial charge in [0.05, 0.1) is 23.0 Å². The van der Waals surface area contributed by atoms with E-state index in [-0.39, 0.29) is 48.1 Å². The van der Waals surface area contributed by atoms with Gasteiger partial charge in [-0.2, -0.15) is 9.03 Å². The zero-order chi connectivity index (χ0) is 30.6. The highest BCUT2D eigenvalue weighted by Gasteiger charge is 2.29. The number of ether oxygens (including phenoxy) is 1. The number of H-pyrrole nitrogens is 1. The largest absolute Gasteiger partial charge is 0.379 e. The summed E-state index contributed by atoms with van der Waals surface area (Å²) in [6.45, 7) is 0.928. The number of nitrogens with zero attached hydrogens (tertiary/aromatic N) is 1. The molecule has 15 heteroatoms. The van der Waals surface area contributed by atoms with Crippen LogP contribution in [0.1, 0.15) is 15.9 Å². The number of hydrogen-bond acceptors (Lipinski definition) is 7. The number of aromatic amines is 1. The van der Waals surface area contributed by atoms with Crippen LogP contribution < -0.4 is 15.6 Å². The Balaban J connectivity index is 1.34. The average molecular weight is 646 g/mol. The van der Waals surface area contributed by atoms with E-state index in [0.717, 1.165) is 10.9 Å². The number of benzene rings is 3. The second kappa shape index (κ2) is 12.8. The molecule has 0 aliphatic carbocycles. The highest BCUT2D eigenvalue weighted by molar-refractivity contribution is 7.89. The fourth-order valence-electron chi connectivity index (χ4n) is 4.59. The number of hydrazine groups is 1. The molecule has 5 rings (SSSR count). The van der Waals surface area contributed by atoms with Crippen molar-refractivity contribution in [3.05, 3.63) is 95.1 Å². The maximum Gasteiger partial charge on any atom is 0.269 e. The van der Waals surface area contributed by atoms with Crippen molar-refractivity contribution in [3.63, 3.8) is 0 Å². The van der Waals surface area contributed by atoms with Crippen molar-refractivity contribution in [2.45, 2.75) is 22.3 Å². The summed E-state index contributed by atoms with van der Waals surface area (Å²) in [5, 5.41) is 1.14. The predicted octanol–water partition coefficient (Wildman–Crippen LogP) is 2.19. The number of sulfonamides is 2. The molecule has 226 valence electrons. The van der Waals surface area contributed by atoms with Crippen LogP contribution in [-0.2, 0) is 36.0 Å². The molecular weight excluding hydrogens is 618 g/mol. The number of halogens is 1. The van der Waals surface area contributed by atoms with E-state index in [2.05, 4.69) is 20.6 Å². The van der Waals surface area contributed by atoms with Crippen molar-refractivity contribution in [3.8, 4) is 0 Å². The molecule has 2 amide bonds. The summed E-state index contributed by atoms with van der Waals surface area (Å²) in [7, 11) is -8.04. The van der Waals surface area contributed by atoms with Gasteiger partial charge in [0, 0.05) is 40.8 Å². The molecule has 0 saturated carbocycles. The second-order valence-corrected chi connectivity index (χ2v) is 13.8. The molecule has 4 aromatic rings. The first-order valence-electron chi connectivity index (χ1n) is 13.2. The molecule has 0 bridgehead atoms. The molecule has 2 heterocycles. The Morgan fingerprint density at radius 3 is 2.37 bits per heavy atom. The Bertz CT molecular complexity index is 1860. The Kier molecular flexibility index (Phi) is 9.15. The minimum absolute atomic E-state index is 0.0236. The summed E-state index contributed by atoms with van der Waals surface area (Å²) in [5.74, 6) is -1.63. The van der Waals surface area contributed by atoms with Crippen molar-refractivity contribution < 1.29 is 31.2 Å². The second-order valence-electron chi connectivity index (χ2n) is 9.68.